The minimum absolute atomic E-state index is 0.152. The van der Waals surface area contributed by atoms with Gasteiger partial charge in [-0.1, -0.05) is 0 Å². The Morgan fingerprint density at radius 1 is 1.33 bits per heavy atom. The lowest BCUT2D eigenvalue weighted by molar-refractivity contribution is -0.142. The normalized spacial score (nSPS) is 31.5. The highest BCUT2D eigenvalue weighted by Gasteiger charge is 2.45. The third-order valence-corrected chi connectivity index (χ3v) is 5.72. The molecule has 2 aliphatic rings. The van der Waals surface area contributed by atoms with E-state index in [1.807, 2.05) is 0 Å². The molecule has 1 aliphatic carbocycles. The lowest BCUT2D eigenvalue weighted by atomic mass is 10.2. The van der Waals surface area contributed by atoms with Crippen LogP contribution >= 0.6 is 0 Å². The Kier molecular flexibility index (Phi) is 2.72. The van der Waals surface area contributed by atoms with Crippen molar-refractivity contribution in [2.24, 2.45) is 0 Å². The number of rotatable bonds is 3. The summed E-state index contributed by atoms with van der Waals surface area (Å²) in [6, 6.07) is -0.450. The van der Waals surface area contributed by atoms with Crippen LogP contribution in [0.3, 0.4) is 0 Å². The van der Waals surface area contributed by atoms with Gasteiger partial charge in [0.25, 0.3) is 0 Å². The van der Waals surface area contributed by atoms with Gasteiger partial charge in [-0.25, -0.2) is 8.42 Å². The van der Waals surface area contributed by atoms with E-state index < -0.39 is 21.1 Å². The molecule has 5 nitrogen and oxygen atoms in total. The SMILES string of the molecule is COC(=O)[C@@H]1C[C@@H](S(=O)(=O)C2CC2)CN1. The maximum absolute atomic E-state index is 11.9. The molecule has 6 heteroatoms. The smallest absolute Gasteiger partial charge is 0.322 e. The monoisotopic (exact) mass is 233 g/mol. The van der Waals surface area contributed by atoms with Gasteiger partial charge < -0.3 is 10.1 Å². The number of carbonyl (C=O) groups excluding carboxylic acids is 1. The lowest BCUT2D eigenvalue weighted by Gasteiger charge is -2.09. The van der Waals surface area contributed by atoms with Crippen molar-refractivity contribution < 1.29 is 17.9 Å². The van der Waals surface area contributed by atoms with Crippen LogP contribution in [0.15, 0.2) is 0 Å². The minimum atomic E-state index is -3.01. The van der Waals surface area contributed by atoms with Gasteiger partial charge in [0.15, 0.2) is 9.84 Å². The average Bonchev–Trinajstić information content (AvgIpc) is 2.95. The molecule has 2 rings (SSSR count). The molecule has 0 aromatic rings. The summed E-state index contributed by atoms with van der Waals surface area (Å²) in [7, 11) is -1.70. The molecule has 1 heterocycles. The second-order valence-corrected chi connectivity index (χ2v) is 6.64. The molecule has 86 valence electrons. The number of hydrogen-bond acceptors (Lipinski definition) is 5. The number of nitrogens with one attached hydrogen (secondary N) is 1. The molecular formula is C9H15NO4S. The van der Waals surface area contributed by atoms with E-state index in [0.29, 0.717) is 13.0 Å². The van der Waals surface area contributed by atoms with Crippen LogP contribution < -0.4 is 5.32 Å². The first-order chi connectivity index (χ1) is 7.05. The Hall–Kier alpha value is -0.620. The average molecular weight is 233 g/mol. The predicted molar refractivity (Wildman–Crippen MR) is 54.2 cm³/mol. The van der Waals surface area contributed by atoms with Crippen molar-refractivity contribution in [3.8, 4) is 0 Å². The van der Waals surface area contributed by atoms with Crippen LogP contribution in [0.5, 0.6) is 0 Å². The molecule has 1 N–H and O–H groups in total. The number of hydrogen-bond donors (Lipinski definition) is 1. The maximum Gasteiger partial charge on any atom is 0.322 e. The standard InChI is InChI=1S/C9H15NO4S/c1-14-9(11)8-4-7(5-10-8)15(12,13)6-2-3-6/h6-8,10H,2-5H2,1H3/t7-,8+/m1/s1. The third kappa shape index (κ3) is 2.01. The first kappa shape index (κ1) is 10.9. The van der Waals surface area contributed by atoms with Crippen molar-refractivity contribution in [3.05, 3.63) is 0 Å². The van der Waals surface area contributed by atoms with E-state index in [2.05, 4.69) is 10.1 Å². The summed E-state index contributed by atoms with van der Waals surface area (Å²) in [4.78, 5) is 11.2. The number of sulfone groups is 1. The topological polar surface area (TPSA) is 72.5 Å². The van der Waals surface area contributed by atoms with Crippen LogP contribution in [-0.4, -0.2) is 44.6 Å². The fourth-order valence-electron chi connectivity index (χ4n) is 1.94. The van der Waals surface area contributed by atoms with E-state index in [4.69, 9.17) is 0 Å². The molecule has 1 saturated carbocycles. The highest BCUT2D eigenvalue weighted by Crippen LogP contribution is 2.33. The van der Waals surface area contributed by atoms with Crippen molar-refractivity contribution >= 4 is 15.8 Å². The number of carbonyl (C=O) groups is 1. The van der Waals surface area contributed by atoms with Gasteiger partial charge in [0.2, 0.25) is 0 Å². The van der Waals surface area contributed by atoms with Gasteiger partial charge >= 0.3 is 5.97 Å². The Morgan fingerprint density at radius 3 is 2.53 bits per heavy atom. The van der Waals surface area contributed by atoms with Gasteiger partial charge in [-0.05, 0) is 19.3 Å². The largest absolute Gasteiger partial charge is 0.468 e. The molecule has 0 unspecified atom stereocenters. The molecule has 1 aliphatic heterocycles. The maximum atomic E-state index is 11.9. The number of esters is 1. The summed E-state index contributed by atoms with van der Waals surface area (Å²) in [6.45, 7) is 0.374. The highest BCUT2D eigenvalue weighted by molar-refractivity contribution is 7.93. The van der Waals surface area contributed by atoms with Gasteiger partial charge in [0.1, 0.15) is 6.04 Å². The zero-order chi connectivity index (χ0) is 11.1. The molecule has 15 heavy (non-hydrogen) atoms. The van der Waals surface area contributed by atoms with E-state index in [1.54, 1.807) is 0 Å². The Balaban J connectivity index is 2.00. The van der Waals surface area contributed by atoms with Crippen LogP contribution in [0, 0.1) is 0 Å². The third-order valence-electron chi connectivity index (χ3n) is 3.03. The first-order valence-electron chi connectivity index (χ1n) is 5.09. The molecule has 0 radical (unpaired) electrons. The van der Waals surface area contributed by atoms with Crippen molar-refractivity contribution in [2.75, 3.05) is 13.7 Å². The van der Waals surface area contributed by atoms with Crippen LogP contribution in [0.4, 0.5) is 0 Å². The van der Waals surface area contributed by atoms with Crippen LogP contribution in [-0.2, 0) is 19.4 Å². The molecule has 1 saturated heterocycles. The summed E-state index contributed by atoms with van der Waals surface area (Å²) in [5.74, 6) is -0.372. The fraction of sp³-hybridized carbons (Fsp3) is 0.889. The zero-order valence-corrected chi connectivity index (χ0v) is 9.42. The minimum Gasteiger partial charge on any atom is -0.468 e. The van der Waals surface area contributed by atoms with Crippen molar-refractivity contribution in [1.82, 2.24) is 5.32 Å². The van der Waals surface area contributed by atoms with Gasteiger partial charge in [-0.3, -0.25) is 4.79 Å². The van der Waals surface area contributed by atoms with Crippen LogP contribution in [0.2, 0.25) is 0 Å². The van der Waals surface area contributed by atoms with E-state index in [0.717, 1.165) is 12.8 Å². The van der Waals surface area contributed by atoms with E-state index in [1.165, 1.54) is 7.11 Å². The van der Waals surface area contributed by atoms with Crippen molar-refractivity contribution in [1.29, 1.82) is 0 Å². The van der Waals surface area contributed by atoms with E-state index in [9.17, 15) is 13.2 Å². The Morgan fingerprint density at radius 2 is 2.00 bits per heavy atom. The summed E-state index contributed by atoms with van der Waals surface area (Å²) in [5.41, 5.74) is 0. The van der Waals surface area contributed by atoms with E-state index in [-0.39, 0.29) is 11.2 Å². The molecule has 0 amide bonds. The van der Waals surface area contributed by atoms with Gasteiger partial charge in [0.05, 0.1) is 17.6 Å². The highest BCUT2D eigenvalue weighted by atomic mass is 32.2. The number of methoxy groups -OCH3 is 1. The predicted octanol–water partition coefficient (Wildman–Crippen LogP) is -0.533. The lowest BCUT2D eigenvalue weighted by Crippen LogP contribution is -2.31. The molecule has 0 aromatic heterocycles. The molecule has 0 spiro atoms. The van der Waals surface area contributed by atoms with Gasteiger partial charge in [-0.15, -0.1) is 0 Å². The molecular weight excluding hydrogens is 218 g/mol. The second kappa shape index (κ2) is 3.75. The summed E-state index contributed by atoms with van der Waals surface area (Å²) < 4.78 is 28.3. The summed E-state index contributed by atoms with van der Waals surface area (Å²) in [5, 5.41) is 2.33. The van der Waals surface area contributed by atoms with Crippen molar-refractivity contribution in [3.63, 3.8) is 0 Å². The molecule has 0 aromatic carbocycles. The Labute approximate surface area is 89.1 Å². The van der Waals surface area contributed by atoms with Gasteiger partial charge in [0, 0.05) is 6.54 Å². The van der Waals surface area contributed by atoms with E-state index >= 15 is 0 Å². The molecule has 2 fully saturated rings. The first-order valence-corrected chi connectivity index (χ1v) is 6.70. The number of ether oxygens (including phenoxy) is 1. The fourth-order valence-corrected chi connectivity index (χ4v) is 4.07. The zero-order valence-electron chi connectivity index (χ0n) is 8.60. The Bertz CT molecular complexity index is 360. The molecule has 2 atom stereocenters. The quantitative estimate of drug-likeness (QED) is 0.663. The molecule has 0 bridgehead atoms. The van der Waals surface area contributed by atoms with Crippen LogP contribution in [0.1, 0.15) is 19.3 Å². The van der Waals surface area contributed by atoms with Gasteiger partial charge in [-0.2, -0.15) is 0 Å². The summed E-state index contributed by atoms with van der Waals surface area (Å²) in [6.07, 6.45) is 1.91. The summed E-state index contributed by atoms with van der Waals surface area (Å²) >= 11 is 0. The van der Waals surface area contributed by atoms with Crippen LogP contribution in [0.25, 0.3) is 0 Å². The second-order valence-electron chi connectivity index (χ2n) is 4.13. The van der Waals surface area contributed by atoms with Crippen molar-refractivity contribution in [2.45, 2.75) is 35.8 Å².